The third-order valence-corrected chi connectivity index (χ3v) is 6.92. The average molecular weight is 464 g/mol. The van der Waals surface area contributed by atoms with E-state index in [1.54, 1.807) is 11.1 Å². The Balaban J connectivity index is 1.23. The van der Waals surface area contributed by atoms with Crippen molar-refractivity contribution in [2.75, 3.05) is 40.3 Å². The third kappa shape index (κ3) is 5.67. The van der Waals surface area contributed by atoms with Crippen LogP contribution in [0.1, 0.15) is 37.5 Å². The maximum Gasteiger partial charge on any atom is 0.395 e. The number of nitrogens with zero attached hydrogens (tertiary/aromatic N) is 3. The van der Waals surface area contributed by atoms with Crippen LogP contribution in [0, 0.1) is 11.3 Å². The van der Waals surface area contributed by atoms with E-state index >= 15 is 0 Å². The van der Waals surface area contributed by atoms with Crippen molar-refractivity contribution in [1.29, 1.82) is 0 Å². The molecule has 1 unspecified atom stereocenters. The van der Waals surface area contributed by atoms with Crippen LogP contribution < -0.4 is 4.74 Å². The van der Waals surface area contributed by atoms with Crippen LogP contribution >= 0.6 is 0 Å². The lowest BCUT2D eigenvalue weighted by Gasteiger charge is -2.34. The van der Waals surface area contributed by atoms with E-state index in [2.05, 4.69) is 4.98 Å². The third-order valence-electron chi connectivity index (χ3n) is 6.92. The van der Waals surface area contributed by atoms with Gasteiger partial charge >= 0.3 is 6.18 Å². The van der Waals surface area contributed by atoms with Crippen molar-refractivity contribution in [2.45, 2.75) is 38.1 Å². The summed E-state index contributed by atoms with van der Waals surface area (Å²) < 4.78 is 45.4. The van der Waals surface area contributed by atoms with Gasteiger partial charge in [0.1, 0.15) is 6.23 Å². The second-order valence-electron chi connectivity index (χ2n) is 9.65. The molecular weight excluding hydrogens is 431 g/mol. The van der Waals surface area contributed by atoms with Crippen LogP contribution in [-0.2, 0) is 0 Å². The molecule has 0 spiro atoms. The predicted molar refractivity (Wildman–Crippen MR) is 121 cm³/mol. The molecule has 0 radical (unpaired) electrons. The van der Waals surface area contributed by atoms with E-state index in [9.17, 15) is 18.3 Å². The summed E-state index contributed by atoms with van der Waals surface area (Å²) in [6.45, 7) is 2.05. The van der Waals surface area contributed by atoms with Crippen molar-refractivity contribution in [3.05, 3.63) is 48.2 Å². The first-order valence-corrected chi connectivity index (χ1v) is 11.5. The van der Waals surface area contributed by atoms with Gasteiger partial charge in [-0.3, -0.25) is 4.90 Å². The molecule has 1 atom stereocenters. The lowest BCUT2D eigenvalue weighted by atomic mass is 9.96. The number of benzene rings is 1. The van der Waals surface area contributed by atoms with Gasteiger partial charge in [0.15, 0.2) is 0 Å². The number of aromatic nitrogens is 1. The predicted octanol–water partition coefficient (Wildman–Crippen LogP) is 4.73. The van der Waals surface area contributed by atoms with Crippen molar-refractivity contribution in [2.24, 2.45) is 11.3 Å². The molecule has 1 N–H and O–H groups in total. The van der Waals surface area contributed by atoms with Gasteiger partial charge in [-0.05, 0) is 76.0 Å². The van der Waals surface area contributed by atoms with E-state index in [1.165, 1.54) is 0 Å². The van der Waals surface area contributed by atoms with Gasteiger partial charge in [-0.1, -0.05) is 24.3 Å². The number of ether oxygens (including phenoxy) is 1. The number of halogens is 3. The fourth-order valence-electron chi connectivity index (χ4n) is 4.41. The second kappa shape index (κ2) is 9.60. The maximum absolute atomic E-state index is 13.2. The molecule has 4 rings (SSSR count). The zero-order chi connectivity index (χ0) is 23.6. The fourth-order valence-corrected chi connectivity index (χ4v) is 4.41. The highest BCUT2D eigenvalue weighted by Gasteiger charge is 2.63. The van der Waals surface area contributed by atoms with Gasteiger partial charge in [-0.2, -0.15) is 13.2 Å². The quantitative estimate of drug-likeness (QED) is 0.574. The average Bonchev–Trinajstić information content (AvgIpc) is 3.59. The van der Waals surface area contributed by atoms with Gasteiger partial charge in [0, 0.05) is 24.4 Å². The molecule has 2 aromatic rings. The highest BCUT2D eigenvalue weighted by Crippen LogP contribution is 2.58. The molecule has 0 amide bonds. The molecule has 1 aromatic heterocycles. The molecule has 33 heavy (non-hydrogen) atoms. The van der Waals surface area contributed by atoms with Crippen LogP contribution in [0.4, 0.5) is 13.2 Å². The molecule has 1 aliphatic heterocycles. The van der Waals surface area contributed by atoms with Crippen LogP contribution in [0.5, 0.6) is 5.88 Å². The van der Waals surface area contributed by atoms with E-state index in [0.29, 0.717) is 31.5 Å². The minimum atomic E-state index is -4.08. The zero-order valence-electron chi connectivity index (χ0n) is 19.2. The molecule has 1 aromatic carbocycles. The minimum Gasteiger partial charge on any atom is -0.477 e. The number of aliphatic hydroxyl groups is 1. The summed E-state index contributed by atoms with van der Waals surface area (Å²) >= 11 is 0. The number of rotatable bonds is 8. The van der Waals surface area contributed by atoms with Crippen LogP contribution in [0.3, 0.4) is 0 Å². The summed E-state index contributed by atoms with van der Waals surface area (Å²) in [6, 6.07) is 11.5. The highest BCUT2D eigenvalue weighted by atomic mass is 19.4. The van der Waals surface area contributed by atoms with E-state index in [1.807, 2.05) is 55.4 Å². The molecule has 5 nitrogen and oxygen atoms in total. The first kappa shape index (κ1) is 24.0. The summed E-state index contributed by atoms with van der Waals surface area (Å²) in [4.78, 5) is 8.11. The van der Waals surface area contributed by atoms with Gasteiger partial charge in [-0.15, -0.1) is 0 Å². The number of piperidine rings is 1. The molecule has 0 bridgehead atoms. The molecular formula is C25H32F3N3O2. The highest BCUT2D eigenvalue weighted by molar-refractivity contribution is 5.63. The van der Waals surface area contributed by atoms with Gasteiger partial charge < -0.3 is 14.7 Å². The molecule has 1 saturated carbocycles. The SMILES string of the molecule is CN(C)C(O)c1ccc(-c2ccc(OCC3CCN(CC4(C(F)(F)F)CC4)CC3)nc2)cc1. The van der Waals surface area contributed by atoms with Gasteiger partial charge in [0.05, 0.1) is 12.0 Å². The van der Waals surface area contributed by atoms with Crippen molar-refractivity contribution in [1.82, 2.24) is 14.8 Å². The monoisotopic (exact) mass is 463 g/mol. The maximum atomic E-state index is 13.2. The fraction of sp³-hybridized carbons (Fsp3) is 0.560. The Morgan fingerprint density at radius 2 is 1.73 bits per heavy atom. The van der Waals surface area contributed by atoms with Crippen LogP contribution in [0.2, 0.25) is 0 Å². The van der Waals surface area contributed by atoms with Gasteiger partial charge in [-0.25, -0.2) is 4.98 Å². The smallest absolute Gasteiger partial charge is 0.395 e. The van der Waals surface area contributed by atoms with E-state index in [4.69, 9.17) is 4.74 Å². The van der Waals surface area contributed by atoms with Crippen LogP contribution in [0.25, 0.3) is 11.1 Å². The van der Waals surface area contributed by atoms with E-state index in [-0.39, 0.29) is 19.4 Å². The molecule has 1 aliphatic carbocycles. The molecule has 2 aliphatic rings. The summed E-state index contributed by atoms with van der Waals surface area (Å²) in [6.07, 6.45) is -0.734. The number of hydrogen-bond donors (Lipinski definition) is 1. The first-order valence-electron chi connectivity index (χ1n) is 11.5. The topological polar surface area (TPSA) is 48.8 Å². The van der Waals surface area contributed by atoms with Gasteiger partial charge in [0.25, 0.3) is 0 Å². The Kier molecular flexibility index (Phi) is 6.98. The number of aliphatic hydroxyl groups excluding tert-OH is 1. The van der Waals surface area contributed by atoms with Crippen LogP contribution in [-0.4, -0.2) is 66.4 Å². The molecule has 180 valence electrons. The Bertz CT molecular complexity index is 904. The van der Waals surface area contributed by atoms with Crippen LogP contribution in [0.15, 0.2) is 42.6 Å². The molecule has 8 heteroatoms. The summed E-state index contributed by atoms with van der Waals surface area (Å²) in [5.74, 6) is 0.884. The number of likely N-dealkylation sites (tertiary alicyclic amines) is 1. The van der Waals surface area contributed by atoms with Crippen molar-refractivity contribution in [3.63, 3.8) is 0 Å². The minimum absolute atomic E-state index is 0.141. The Hall–Kier alpha value is -2.16. The summed E-state index contributed by atoms with van der Waals surface area (Å²) in [7, 11) is 3.64. The van der Waals surface area contributed by atoms with E-state index < -0.39 is 17.8 Å². The van der Waals surface area contributed by atoms with Crippen molar-refractivity contribution in [3.8, 4) is 17.0 Å². The largest absolute Gasteiger partial charge is 0.477 e. The number of pyridine rings is 1. The van der Waals surface area contributed by atoms with Gasteiger partial charge in [0.2, 0.25) is 5.88 Å². The number of alkyl halides is 3. The van der Waals surface area contributed by atoms with Crippen molar-refractivity contribution < 1.29 is 23.0 Å². The zero-order valence-corrected chi connectivity index (χ0v) is 19.2. The normalized spacial score (nSPS) is 20.1. The molecule has 2 fully saturated rings. The first-order chi connectivity index (χ1) is 15.7. The van der Waals surface area contributed by atoms with Crippen molar-refractivity contribution >= 4 is 0 Å². The van der Waals surface area contributed by atoms with E-state index in [0.717, 1.165) is 29.5 Å². The Labute approximate surface area is 193 Å². The standard InChI is InChI=1S/C25H32F3N3O2/c1-30(2)23(32)20-5-3-19(4-6-20)21-7-8-22(29-15-21)33-16-18-9-13-31(14-10-18)17-24(11-12-24)25(26,27)28/h3-8,15,18,23,32H,9-14,16-17H2,1-2H3. The second-order valence-corrected chi connectivity index (χ2v) is 9.65. The lowest BCUT2D eigenvalue weighted by Crippen LogP contribution is -2.43. The molecule has 2 heterocycles. The lowest BCUT2D eigenvalue weighted by molar-refractivity contribution is -0.192. The summed E-state index contributed by atoms with van der Waals surface area (Å²) in [5.41, 5.74) is 1.34. The number of hydrogen-bond acceptors (Lipinski definition) is 5. The Morgan fingerprint density at radius 3 is 2.24 bits per heavy atom. The molecule has 1 saturated heterocycles. The summed E-state index contributed by atoms with van der Waals surface area (Å²) in [5, 5.41) is 10.1. The Morgan fingerprint density at radius 1 is 1.09 bits per heavy atom.